The molecule has 0 unspecified atom stereocenters. The Hall–Kier alpha value is -1.95. The number of hydrogen-bond donors (Lipinski definition) is 0. The minimum Gasteiger partial charge on any atom is -0.490 e. The molecule has 0 amide bonds. The molecule has 7 heteroatoms. The van der Waals surface area contributed by atoms with Crippen LogP contribution in [0.3, 0.4) is 0 Å². The zero-order valence-corrected chi connectivity index (χ0v) is 14.4. The van der Waals surface area contributed by atoms with Crippen molar-refractivity contribution in [3.8, 4) is 5.75 Å². The van der Waals surface area contributed by atoms with E-state index in [2.05, 4.69) is 9.88 Å². The van der Waals surface area contributed by atoms with E-state index in [0.29, 0.717) is 5.15 Å². The lowest BCUT2D eigenvalue weighted by molar-refractivity contribution is -0.137. The number of anilines is 1. The second-order valence-corrected chi connectivity index (χ2v) is 6.43. The molecule has 134 valence electrons. The summed E-state index contributed by atoms with van der Waals surface area (Å²) in [5, 5.41) is 0.486. The van der Waals surface area contributed by atoms with Gasteiger partial charge in [0.25, 0.3) is 0 Å². The molecule has 2 aromatic rings. The Kier molecular flexibility index (Phi) is 5.08. The van der Waals surface area contributed by atoms with Crippen LogP contribution in [-0.4, -0.2) is 24.2 Å². The summed E-state index contributed by atoms with van der Waals surface area (Å²) in [4.78, 5) is 6.26. The standard InChI is InChI=1S/C18H18ClF3N2O/c1-12-16(5-8-23-17(12)19)24-9-6-14(7-10-24)25-15-4-2-3-13(11-15)18(20,21)22/h2-5,8,11,14H,6-7,9-10H2,1H3. The number of rotatable bonds is 3. The largest absolute Gasteiger partial charge is 0.490 e. The summed E-state index contributed by atoms with van der Waals surface area (Å²) in [6.45, 7) is 3.44. The molecule has 0 N–H and O–H groups in total. The third-order valence-corrected chi connectivity index (χ3v) is 4.74. The predicted octanol–water partition coefficient (Wildman–Crippen LogP) is 5.11. The van der Waals surface area contributed by atoms with Gasteiger partial charge in [-0.2, -0.15) is 13.2 Å². The first-order valence-corrected chi connectivity index (χ1v) is 8.42. The normalized spacial score (nSPS) is 16.1. The maximum absolute atomic E-state index is 12.8. The Balaban J connectivity index is 1.62. The molecule has 1 aliphatic rings. The molecule has 1 aromatic heterocycles. The van der Waals surface area contributed by atoms with E-state index in [4.69, 9.17) is 16.3 Å². The van der Waals surface area contributed by atoms with Crippen molar-refractivity contribution in [2.45, 2.75) is 32.0 Å². The number of aromatic nitrogens is 1. The molecule has 0 saturated carbocycles. The average Bonchev–Trinajstić information content (AvgIpc) is 2.58. The molecule has 0 radical (unpaired) electrons. The number of ether oxygens (including phenoxy) is 1. The van der Waals surface area contributed by atoms with Gasteiger partial charge in [-0.1, -0.05) is 17.7 Å². The monoisotopic (exact) mass is 370 g/mol. The van der Waals surface area contributed by atoms with Crippen LogP contribution >= 0.6 is 11.6 Å². The maximum Gasteiger partial charge on any atom is 0.416 e. The predicted molar refractivity (Wildman–Crippen MR) is 91.3 cm³/mol. The first-order valence-electron chi connectivity index (χ1n) is 8.04. The Labute approximate surface area is 149 Å². The summed E-state index contributed by atoms with van der Waals surface area (Å²) in [5.41, 5.74) is 1.28. The van der Waals surface area contributed by atoms with Crippen LogP contribution in [0.25, 0.3) is 0 Å². The van der Waals surface area contributed by atoms with E-state index in [1.54, 1.807) is 12.3 Å². The molecule has 25 heavy (non-hydrogen) atoms. The van der Waals surface area contributed by atoms with E-state index in [1.165, 1.54) is 6.07 Å². The first-order chi connectivity index (χ1) is 11.8. The topological polar surface area (TPSA) is 25.4 Å². The Bertz CT molecular complexity index is 743. The van der Waals surface area contributed by atoms with Crippen LogP contribution in [0.5, 0.6) is 5.75 Å². The van der Waals surface area contributed by atoms with Crippen LogP contribution in [0, 0.1) is 6.92 Å². The fourth-order valence-electron chi connectivity index (χ4n) is 3.00. The minimum atomic E-state index is -4.36. The number of pyridine rings is 1. The molecule has 2 heterocycles. The summed E-state index contributed by atoms with van der Waals surface area (Å²) in [6, 6.07) is 6.96. The van der Waals surface area contributed by atoms with Gasteiger partial charge >= 0.3 is 6.18 Å². The molecule has 3 rings (SSSR count). The van der Waals surface area contributed by atoms with Gasteiger partial charge in [0, 0.05) is 43.4 Å². The third kappa shape index (κ3) is 4.18. The van der Waals surface area contributed by atoms with Crippen molar-refractivity contribution < 1.29 is 17.9 Å². The SMILES string of the molecule is Cc1c(N2CCC(Oc3cccc(C(F)(F)F)c3)CC2)ccnc1Cl. The van der Waals surface area contributed by atoms with Crippen molar-refractivity contribution in [2.75, 3.05) is 18.0 Å². The molecule has 0 bridgehead atoms. The van der Waals surface area contributed by atoms with Crippen molar-refractivity contribution in [1.82, 2.24) is 4.98 Å². The minimum absolute atomic E-state index is 0.0997. The molecular formula is C18H18ClF3N2O. The zero-order chi connectivity index (χ0) is 18.0. The molecule has 0 atom stereocenters. The molecule has 1 aromatic carbocycles. The number of halogens is 4. The van der Waals surface area contributed by atoms with E-state index in [1.807, 2.05) is 13.0 Å². The van der Waals surface area contributed by atoms with Crippen LogP contribution in [0.1, 0.15) is 24.0 Å². The smallest absolute Gasteiger partial charge is 0.416 e. The Morgan fingerprint density at radius 3 is 2.60 bits per heavy atom. The molecule has 1 fully saturated rings. The summed E-state index contributed by atoms with van der Waals surface area (Å²) in [6.07, 6.45) is -1.32. The van der Waals surface area contributed by atoms with E-state index in [0.717, 1.165) is 49.3 Å². The Morgan fingerprint density at radius 1 is 1.20 bits per heavy atom. The highest BCUT2D eigenvalue weighted by molar-refractivity contribution is 6.30. The quantitative estimate of drug-likeness (QED) is 0.702. The second kappa shape index (κ2) is 7.12. The van der Waals surface area contributed by atoms with Crippen LogP contribution < -0.4 is 9.64 Å². The van der Waals surface area contributed by atoms with Gasteiger partial charge in [0.15, 0.2) is 0 Å². The summed E-state index contributed by atoms with van der Waals surface area (Å²) in [7, 11) is 0. The number of benzene rings is 1. The second-order valence-electron chi connectivity index (χ2n) is 6.08. The lowest BCUT2D eigenvalue weighted by atomic mass is 10.1. The zero-order valence-electron chi connectivity index (χ0n) is 13.7. The molecule has 0 aliphatic carbocycles. The molecule has 1 aliphatic heterocycles. The maximum atomic E-state index is 12.8. The first kappa shape index (κ1) is 17.9. The molecular weight excluding hydrogens is 353 g/mol. The van der Waals surface area contributed by atoms with Crippen LogP contribution in [0.4, 0.5) is 18.9 Å². The van der Waals surface area contributed by atoms with E-state index >= 15 is 0 Å². The summed E-state index contributed by atoms with van der Waals surface area (Å²) >= 11 is 6.07. The fourth-order valence-corrected chi connectivity index (χ4v) is 3.15. The number of piperidine rings is 1. The van der Waals surface area contributed by atoms with Crippen molar-refractivity contribution in [2.24, 2.45) is 0 Å². The van der Waals surface area contributed by atoms with Crippen molar-refractivity contribution >= 4 is 17.3 Å². The van der Waals surface area contributed by atoms with Gasteiger partial charge < -0.3 is 9.64 Å². The van der Waals surface area contributed by atoms with Crippen molar-refractivity contribution in [3.63, 3.8) is 0 Å². The molecule has 1 saturated heterocycles. The van der Waals surface area contributed by atoms with E-state index in [-0.39, 0.29) is 11.9 Å². The van der Waals surface area contributed by atoms with Gasteiger partial charge in [0.1, 0.15) is 17.0 Å². The highest BCUT2D eigenvalue weighted by atomic mass is 35.5. The third-order valence-electron chi connectivity index (χ3n) is 4.36. The van der Waals surface area contributed by atoms with Crippen LogP contribution in [0.2, 0.25) is 5.15 Å². The van der Waals surface area contributed by atoms with Gasteiger partial charge in [0.2, 0.25) is 0 Å². The van der Waals surface area contributed by atoms with E-state index < -0.39 is 11.7 Å². The van der Waals surface area contributed by atoms with Crippen molar-refractivity contribution in [1.29, 1.82) is 0 Å². The molecule has 0 spiro atoms. The average molecular weight is 371 g/mol. The number of hydrogen-bond acceptors (Lipinski definition) is 3. The summed E-state index contributed by atoms with van der Waals surface area (Å²) in [5.74, 6) is 0.261. The summed E-state index contributed by atoms with van der Waals surface area (Å²) < 4.78 is 44.1. The van der Waals surface area contributed by atoms with Gasteiger partial charge in [-0.05, 0) is 31.2 Å². The number of alkyl halides is 3. The van der Waals surface area contributed by atoms with Gasteiger partial charge in [-0.25, -0.2) is 4.98 Å². The fraction of sp³-hybridized carbons (Fsp3) is 0.389. The van der Waals surface area contributed by atoms with Crippen LogP contribution in [-0.2, 0) is 6.18 Å². The van der Waals surface area contributed by atoms with Gasteiger partial charge in [-0.3, -0.25) is 0 Å². The van der Waals surface area contributed by atoms with Gasteiger partial charge in [-0.15, -0.1) is 0 Å². The van der Waals surface area contributed by atoms with Gasteiger partial charge in [0.05, 0.1) is 5.56 Å². The number of nitrogens with zero attached hydrogens (tertiary/aromatic N) is 2. The highest BCUT2D eigenvalue weighted by Gasteiger charge is 2.31. The molecule has 3 nitrogen and oxygen atoms in total. The highest BCUT2D eigenvalue weighted by Crippen LogP contribution is 2.32. The lowest BCUT2D eigenvalue weighted by Gasteiger charge is -2.34. The Morgan fingerprint density at radius 2 is 1.92 bits per heavy atom. The van der Waals surface area contributed by atoms with E-state index in [9.17, 15) is 13.2 Å². The van der Waals surface area contributed by atoms with Crippen molar-refractivity contribution in [3.05, 3.63) is 52.8 Å². The lowest BCUT2D eigenvalue weighted by Crippen LogP contribution is -2.38. The van der Waals surface area contributed by atoms with Crippen LogP contribution in [0.15, 0.2) is 36.5 Å².